The molecule has 0 unspecified atom stereocenters. The number of hydrogen-bond acceptors (Lipinski definition) is 5. The average Bonchev–Trinajstić information content (AvgIpc) is 3.15. The van der Waals surface area contributed by atoms with E-state index >= 15 is 0 Å². The zero-order valence-corrected chi connectivity index (χ0v) is 20.7. The molecule has 3 fully saturated rings. The highest BCUT2D eigenvalue weighted by atomic mass is 19.1. The van der Waals surface area contributed by atoms with Gasteiger partial charge in [0.05, 0.1) is 18.2 Å². The number of amides is 1. The van der Waals surface area contributed by atoms with Crippen molar-refractivity contribution in [3.8, 4) is 11.1 Å². The fourth-order valence-electron chi connectivity index (χ4n) is 6.64. The molecular formula is C30H39FN2O4. The number of cyclic esters (lactones) is 1. The van der Waals surface area contributed by atoms with Crippen LogP contribution in [0.1, 0.15) is 54.1 Å². The van der Waals surface area contributed by atoms with E-state index in [-0.39, 0.29) is 56.6 Å². The Bertz CT molecular complexity index is 1140. The van der Waals surface area contributed by atoms with Gasteiger partial charge in [0.1, 0.15) is 11.9 Å². The highest BCUT2D eigenvalue weighted by Crippen LogP contribution is 2.53. The summed E-state index contributed by atoms with van der Waals surface area (Å²) in [6.07, 6.45) is 9.07. The van der Waals surface area contributed by atoms with E-state index < -0.39 is 0 Å². The number of ether oxygens (including phenoxy) is 2. The molecule has 1 aliphatic heterocycles. The van der Waals surface area contributed by atoms with Crippen LogP contribution in [0.3, 0.4) is 0 Å². The van der Waals surface area contributed by atoms with E-state index in [0.717, 1.165) is 42.5 Å². The zero-order chi connectivity index (χ0) is 25.2. The minimum Gasteiger partial charge on any atom is -0.462 e. The normalized spacial score (nSPS) is 30.6. The number of aromatic nitrogens is 1. The maximum absolute atomic E-state index is 13.6. The van der Waals surface area contributed by atoms with Gasteiger partial charge in [-0.15, -0.1) is 0 Å². The molecule has 2 saturated carbocycles. The molecule has 6 nitrogen and oxygen atoms in total. The minimum atomic E-state index is -0.368. The second kappa shape index (κ2) is 11.4. The number of carbonyl (C=O) groups is 2. The van der Waals surface area contributed by atoms with Crippen LogP contribution in [0.5, 0.6) is 0 Å². The average molecular weight is 511 g/mol. The van der Waals surface area contributed by atoms with Crippen molar-refractivity contribution in [2.75, 3.05) is 6.61 Å². The van der Waals surface area contributed by atoms with Crippen molar-refractivity contribution < 1.29 is 24.9 Å². The summed E-state index contributed by atoms with van der Waals surface area (Å²) in [6.45, 7) is 4.15. The summed E-state index contributed by atoms with van der Waals surface area (Å²) in [7, 11) is 0. The SMILES string of the molecule is C.CCOC(=O)N[C@@H]1CC[C@@H]2[C@@H](C1)C[C@H]1C(=O)O[C@H](C)[C@H]1[C@H]2/C=C/c1ccc(-c2cccc(F)c2)cn1.[HH]. The summed E-state index contributed by atoms with van der Waals surface area (Å²) in [5.41, 5.74) is 2.48. The van der Waals surface area contributed by atoms with Crippen LogP contribution in [0.25, 0.3) is 17.2 Å². The topological polar surface area (TPSA) is 77.5 Å². The van der Waals surface area contributed by atoms with Gasteiger partial charge in [0.15, 0.2) is 0 Å². The fourth-order valence-corrected chi connectivity index (χ4v) is 6.64. The largest absolute Gasteiger partial charge is 0.462 e. The van der Waals surface area contributed by atoms with Crippen molar-refractivity contribution in [1.29, 1.82) is 0 Å². The first-order valence-corrected chi connectivity index (χ1v) is 13.0. The van der Waals surface area contributed by atoms with Gasteiger partial charge in [0.25, 0.3) is 0 Å². The Morgan fingerprint density at radius 1 is 1.24 bits per heavy atom. The molecule has 7 heteroatoms. The van der Waals surface area contributed by atoms with Crippen molar-refractivity contribution in [3.63, 3.8) is 0 Å². The van der Waals surface area contributed by atoms with Crippen molar-refractivity contribution in [1.82, 2.24) is 10.3 Å². The molecule has 2 heterocycles. The van der Waals surface area contributed by atoms with E-state index in [4.69, 9.17) is 9.47 Å². The summed E-state index contributed by atoms with van der Waals surface area (Å²) >= 11 is 0. The molecular weight excluding hydrogens is 471 g/mol. The number of nitrogens with zero attached hydrogens (tertiary/aromatic N) is 1. The summed E-state index contributed by atoms with van der Waals surface area (Å²) in [5, 5.41) is 3.00. The third kappa shape index (κ3) is 5.71. The fraction of sp³-hybridized carbons (Fsp3) is 0.500. The number of esters is 1. The van der Waals surface area contributed by atoms with Gasteiger partial charge in [-0.2, -0.15) is 0 Å². The lowest BCUT2D eigenvalue weighted by Crippen LogP contribution is -2.48. The maximum Gasteiger partial charge on any atom is 0.407 e. The Balaban J connectivity index is 0.00000200. The number of allylic oxidation sites excluding steroid dienone is 1. The Labute approximate surface area is 220 Å². The molecule has 0 radical (unpaired) electrons. The van der Waals surface area contributed by atoms with Crippen molar-refractivity contribution >= 4 is 18.1 Å². The number of pyridine rings is 1. The molecule has 0 bridgehead atoms. The molecule has 0 spiro atoms. The molecule has 2 aliphatic carbocycles. The third-order valence-corrected chi connectivity index (χ3v) is 8.18. The van der Waals surface area contributed by atoms with E-state index in [1.165, 1.54) is 12.1 Å². The van der Waals surface area contributed by atoms with Crippen molar-refractivity contribution in [3.05, 3.63) is 60.2 Å². The molecule has 7 atom stereocenters. The van der Waals surface area contributed by atoms with Gasteiger partial charge in [-0.1, -0.05) is 31.7 Å². The molecule has 1 saturated heterocycles. The molecule has 5 rings (SSSR count). The second-order valence-corrected chi connectivity index (χ2v) is 10.3. The first-order chi connectivity index (χ1) is 17.4. The predicted molar refractivity (Wildman–Crippen MR) is 143 cm³/mol. The summed E-state index contributed by atoms with van der Waals surface area (Å²) in [6, 6.07) is 10.4. The van der Waals surface area contributed by atoms with E-state index in [9.17, 15) is 14.0 Å². The molecule has 200 valence electrons. The number of benzene rings is 1. The number of alkyl carbamates (subject to hydrolysis) is 1. The van der Waals surface area contributed by atoms with Gasteiger partial charge in [0.2, 0.25) is 0 Å². The highest BCUT2D eigenvalue weighted by molar-refractivity contribution is 5.75. The Morgan fingerprint density at radius 2 is 2.08 bits per heavy atom. The molecule has 37 heavy (non-hydrogen) atoms. The smallest absolute Gasteiger partial charge is 0.407 e. The van der Waals surface area contributed by atoms with Gasteiger partial charge in [-0.25, -0.2) is 9.18 Å². The van der Waals surface area contributed by atoms with Gasteiger partial charge < -0.3 is 14.8 Å². The van der Waals surface area contributed by atoms with E-state index in [1.54, 1.807) is 19.2 Å². The number of carbonyl (C=O) groups excluding carboxylic acids is 2. The van der Waals surface area contributed by atoms with Crippen LogP contribution in [-0.4, -0.2) is 35.8 Å². The minimum absolute atomic E-state index is 0. The molecule has 2 aromatic rings. The number of hydrogen-bond donors (Lipinski definition) is 1. The molecule has 1 N–H and O–H groups in total. The van der Waals surface area contributed by atoms with Gasteiger partial charge in [-0.05, 0) is 87.1 Å². The molecule has 1 aromatic carbocycles. The van der Waals surface area contributed by atoms with Gasteiger partial charge in [0, 0.05) is 25.1 Å². The Kier molecular flexibility index (Phi) is 8.30. The quantitative estimate of drug-likeness (QED) is 0.464. The summed E-state index contributed by atoms with van der Waals surface area (Å²) in [5.74, 6) is 0.629. The van der Waals surface area contributed by atoms with Crippen LogP contribution in [0.2, 0.25) is 0 Å². The third-order valence-electron chi connectivity index (χ3n) is 8.18. The highest BCUT2D eigenvalue weighted by Gasteiger charge is 2.54. The lowest BCUT2D eigenvalue weighted by molar-refractivity contribution is -0.144. The standard InChI is InChI=1S/C29H33FN2O4.CH4.H2/c1-3-35-29(34)32-23-10-11-24-20(14-23)15-26-27(17(2)36-28(26)33)25(24)12-9-22-8-7-19(16-31-22)18-5-4-6-21(30)13-18;;/h4-9,12-13,16-17,20,23-27H,3,10-11,14-15H2,1-2H3,(H,32,34);1H4;1H/b12-9+;;/t17-,20+,23-,24-,25+,26-,27+;;/m1../s1. The lowest BCUT2D eigenvalue weighted by Gasteiger charge is -2.47. The van der Waals surface area contributed by atoms with Gasteiger partial charge in [-0.3, -0.25) is 9.78 Å². The monoisotopic (exact) mass is 510 g/mol. The van der Waals surface area contributed by atoms with E-state index in [0.29, 0.717) is 18.4 Å². The predicted octanol–water partition coefficient (Wildman–Crippen LogP) is 6.51. The van der Waals surface area contributed by atoms with Crippen LogP contribution >= 0.6 is 0 Å². The zero-order valence-electron chi connectivity index (χ0n) is 20.7. The summed E-state index contributed by atoms with van der Waals surface area (Å²) < 4.78 is 24.3. The number of nitrogens with one attached hydrogen (secondary N) is 1. The number of fused-ring (bicyclic) bond motifs is 2. The van der Waals surface area contributed by atoms with Crippen molar-refractivity contribution in [2.24, 2.45) is 29.6 Å². The van der Waals surface area contributed by atoms with Crippen LogP contribution < -0.4 is 5.32 Å². The molecule has 1 aromatic heterocycles. The Morgan fingerprint density at radius 3 is 2.81 bits per heavy atom. The lowest BCUT2D eigenvalue weighted by atomic mass is 9.57. The maximum atomic E-state index is 13.6. The summed E-state index contributed by atoms with van der Waals surface area (Å²) in [4.78, 5) is 29.2. The second-order valence-electron chi connectivity index (χ2n) is 10.3. The molecule has 1 amide bonds. The van der Waals surface area contributed by atoms with Crippen LogP contribution in [0, 0.1) is 35.4 Å². The van der Waals surface area contributed by atoms with Gasteiger partial charge >= 0.3 is 12.1 Å². The van der Waals surface area contributed by atoms with Crippen LogP contribution in [0.4, 0.5) is 9.18 Å². The van der Waals surface area contributed by atoms with E-state index in [1.807, 2.05) is 31.2 Å². The molecule has 3 aliphatic rings. The Hall–Kier alpha value is -3.22. The van der Waals surface area contributed by atoms with Crippen LogP contribution in [-0.2, 0) is 14.3 Å². The number of rotatable bonds is 5. The number of halogens is 1. The van der Waals surface area contributed by atoms with E-state index in [2.05, 4.69) is 16.4 Å². The first kappa shape index (κ1) is 26.8. The van der Waals surface area contributed by atoms with Crippen molar-refractivity contribution in [2.45, 2.75) is 59.1 Å². The van der Waals surface area contributed by atoms with Crippen LogP contribution in [0.15, 0.2) is 48.7 Å². The first-order valence-electron chi connectivity index (χ1n) is 13.0.